The number of aliphatic hydroxyl groups is 1. The first kappa shape index (κ1) is 26.6. The average molecular weight is 517 g/mol. The molecule has 0 radical (unpaired) electrons. The molecule has 9 nitrogen and oxygen atoms in total. The minimum absolute atomic E-state index is 0. The number of phenolic OH excluding ortho intramolecular Hbond substituents is 1. The van der Waals surface area contributed by atoms with Gasteiger partial charge in [-0.2, -0.15) is 0 Å². The SMILES string of the molecule is CC(N)C(=O)OC(C)C(=O)OC1=CCC2(O)C3Cc4ccc(O)c5c4C2(CCN3C)C1O5.Cl.Cl. The predicted octanol–water partition coefficient (Wildman–Crippen LogP) is 1.34. The van der Waals surface area contributed by atoms with E-state index in [1.807, 2.05) is 13.1 Å². The first-order valence-electron chi connectivity index (χ1n) is 10.9. The number of hydrogen-bond acceptors (Lipinski definition) is 9. The van der Waals surface area contributed by atoms with Crippen LogP contribution in [0, 0.1) is 0 Å². The molecule has 1 spiro atoms. The van der Waals surface area contributed by atoms with Crippen LogP contribution in [-0.2, 0) is 30.9 Å². The van der Waals surface area contributed by atoms with Gasteiger partial charge in [-0.3, -0.25) is 4.79 Å². The highest BCUT2D eigenvalue weighted by molar-refractivity contribution is 5.85. The van der Waals surface area contributed by atoms with Crippen LogP contribution >= 0.6 is 24.8 Å². The fourth-order valence-corrected chi connectivity index (χ4v) is 5.97. The second-order valence-electron chi connectivity index (χ2n) is 9.39. The molecule has 0 aromatic heterocycles. The van der Waals surface area contributed by atoms with Gasteiger partial charge >= 0.3 is 11.9 Å². The van der Waals surface area contributed by atoms with E-state index < -0.39 is 41.2 Å². The molecule has 6 unspecified atom stereocenters. The molecule has 188 valence electrons. The van der Waals surface area contributed by atoms with Gasteiger partial charge in [-0.1, -0.05) is 6.07 Å². The van der Waals surface area contributed by atoms with Crippen molar-refractivity contribution in [2.75, 3.05) is 13.6 Å². The number of phenols is 1. The summed E-state index contributed by atoms with van der Waals surface area (Å²) in [5.74, 6) is -0.859. The maximum Gasteiger partial charge on any atom is 0.352 e. The summed E-state index contributed by atoms with van der Waals surface area (Å²) in [6.45, 7) is 3.61. The summed E-state index contributed by atoms with van der Waals surface area (Å²) >= 11 is 0. The first-order valence-corrected chi connectivity index (χ1v) is 10.9. The molecule has 2 bridgehead atoms. The lowest BCUT2D eigenvalue weighted by Crippen LogP contribution is -2.74. The maximum absolute atomic E-state index is 12.7. The van der Waals surface area contributed by atoms with Gasteiger partial charge in [0.25, 0.3) is 0 Å². The fraction of sp³-hybridized carbons (Fsp3) is 0.565. The van der Waals surface area contributed by atoms with Gasteiger partial charge < -0.3 is 35.1 Å². The Kier molecular flexibility index (Phi) is 6.93. The molecule has 0 saturated carbocycles. The lowest BCUT2D eigenvalue weighted by molar-refractivity contribution is -0.175. The van der Waals surface area contributed by atoms with Gasteiger partial charge in [0, 0.05) is 18.0 Å². The first-order chi connectivity index (χ1) is 15.1. The van der Waals surface area contributed by atoms with Crippen LogP contribution in [0.3, 0.4) is 0 Å². The van der Waals surface area contributed by atoms with E-state index >= 15 is 0 Å². The van der Waals surface area contributed by atoms with E-state index in [-0.39, 0.29) is 48.8 Å². The molecule has 1 aromatic rings. The van der Waals surface area contributed by atoms with E-state index in [1.165, 1.54) is 13.8 Å². The van der Waals surface area contributed by atoms with Gasteiger partial charge in [0.2, 0.25) is 0 Å². The van der Waals surface area contributed by atoms with Crippen molar-refractivity contribution < 1.29 is 34.0 Å². The Morgan fingerprint density at radius 1 is 1.26 bits per heavy atom. The number of aromatic hydroxyl groups is 1. The number of benzene rings is 1. The topological polar surface area (TPSA) is 132 Å². The Bertz CT molecular complexity index is 1050. The number of carbonyl (C=O) groups is 2. The molecule has 2 aliphatic carbocycles. The van der Waals surface area contributed by atoms with Crippen molar-refractivity contribution in [2.24, 2.45) is 5.73 Å². The van der Waals surface area contributed by atoms with Crippen molar-refractivity contribution in [2.45, 2.75) is 68.4 Å². The number of likely N-dealkylation sites (N-methyl/N-ethyl adjacent to an activating group) is 1. The molecule has 4 aliphatic rings. The second kappa shape index (κ2) is 8.87. The van der Waals surface area contributed by atoms with Crippen molar-refractivity contribution in [3.63, 3.8) is 0 Å². The zero-order valence-electron chi connectivity index (χ0n) is 19.1. The minimum Gasteiger partial charge on any atom is -0.504 e. The van der Waals surface area contributed by atoms with Crippen LogP contribution in [0.5, 0.6) is 11.5 Å². The molecular weight excluding hydrogens is 487 g/mol. The number of hydrogen-bond donors (Lipinski definition) is 3. The van der Waals surface area contributed by atoms with E-state index in [2.05, 4.69) is 4.90 Å². The third-order valence-corrected chi connectivity index (χ3v) is 7.57. The number of rotatable bonds is 4. The fourth-order valence-electron chi connectivity index (χ4n) is 5.97. The molecule has 5 rings (SSSR count). The van der Waals surface area contributed by atoms with E-state index in [9.17, 15) is 19.8 Å². The number of likely N-dealkylation sites (tertiary alicyclic amines) is 1. The van der Waals surface area contributed by atoms with Gasteiger partial charge in [0.05, 0.1) is 11.0 Å². The van der Waals surface area contributed by atoms with Crippen LogP contribution in [0.2, 0.25) is 0 Å². The van der Waals surface area contributed by atoms with Crippen LogP contribution in [0.15, 0.2) is 24.0 Å². The molecule has 1 aromatic carbocycles. The third-order valence-electron chi connectivity index (χ3n) is 7.57. The van der Waals surface area contributed by atoms with Crippen LogP contribution in [-0.4, -0.2) is 70.5 Å². The van der Waals surface area contributed by atoms with Crippen LogP contribution < -0.4 is 10.5 Å². The highest BCUT2D eigenvalue weighted by Gasteiger charge is 2.72. The average Bonchev–Trinajstić information content (AvgIpc) is 3.10. The van der Waals surface area contributed by atoms with Gasteiger partial charge in [-0.15, -0.1) is 24.8 Å². The molecular formula is C23H30Cl2N2O7. The lowest BCUT2D eigenvalue weighted by Gasteiger charge is -2.61. The molecule has 6 atom stereocenters. The van der Waals surface area contributed by atoms with Crippen LogP contribution in [0.25, 0.3) is 0 Å². The van der Waals surface area contributed by atoms with Crippen molar-refractivity contribution in [3.05, 3.63) is 35.1 Å². The zero-order chi connectivity index (χ0) is 23.0. The van der Waals surface area contributed by atoms with Crippen molar-refractivity contribution in [3.8, 4) is 11.5 Å². The number of carbonyl (C=O) groups excluding carboxylic acids is 2. The maximum atomic E-state index is 12.7. The molecule has 2 aliphatic heterocycles. The van der Waals surface area contributed by atoms with Gasteiger partial charge in [-0.05, 0) is 58.0 Å². The van der Waals surface area contributed by atoms with E-state index in [4.69, 9.17) is 19.9 Å². The number of esters is 2. The number of halogens is 2. The monoisotopic (exact) mass is 516 g/mol. The lowest BCUT2D eigenvalue weighted by atomic mass is 9.50. The van der Waals surface area contributed by atoms with Gasteiger partial charge in [0.15, 0.2) is 23.7 Å². The minimum atomic E-state index is -1.16. The van der Waals surface area contributed by atoms with Crippen LogP contribution in [0.1, 0.15) is 37.8 Å². The molecule has 2 heterocycles. The standard InChI is InChI=1S/C23H28N2O7.2ClH/c1-11(24)20(27)30-12(2)21(28)31-15-6-7-23(29)16-10-13-4-5-14(26)18-17(13)22(23,19(15)32-18)8-9-25(16)3;;/h4-6,11-12,16,19,26,29H,7-10,24H2,1-3H3;2*1H. The molecule has 0 amide bonds. The highest BCUT2D eigenvalue weighted by atomic mass is 35.5. The number of nitrogens with two attached hydrogens (primary N) is 1. The molecule has 11 heteroatoms. The summed E-state index contributed by atoms with van der Waals surface area (Å²) in [6.07, 6.45) is 1.24. The largest absolute Gasteiger partial charge is 0.504 e. The normalized spacial score (nSPS) is 32.0. The zero-order valence-corrected chi connectivity index (χ0v) is 20.8. The number of nitrogens with zero attached hydrogens (tertiary/aromatic N) is 1. The van der Waals surface area contributed by atoms with Crippen molar-refractivity contribution >= 4 is 36.8 Å². The number of ether oxygens (including phenoxy) is 3. The van der Waals surface area contributed by atoms with E-state index in [0.717, 1.165) is 17.7 Å². The summed E-state index contributed by atoms with van der Waals surface area (Å²) in [5.41, 5.74) is 5.35. The quantitative estimate of drug-likeness (QED) is 0.507. The van der Waals surface area contributed by atoms with Gasteiger partial charge in [-0.25, -0.2) is 4.79 Å². The summed E-state index contributed by atoms with van der Waals surface area (Å²) in [4.78, 5) is 26.6. The summed E-state index contributed by atoms with van der Waals surface area (Å²) in [7, 11) is 2.00. The highest BCUT2D eigenvalue weighted by Crippen LogP contribution is 2.65. The second-order valence-corrected chi connectivity index (χ2v) is 9.39. The van der Waals surface area contributed by atoms with Crippen molar-refractivity contribution in [1.29, 1.82) is 0 Å². The summed E-state index contributed by atoms with van der Waals surface area (Å²) in [5, 5.41) is 22.6. The predicted molar refractivity (Wildman–Crippen MR) is 126 cm³/mol. The Labute approximate surface area is 210 Å². The number of piperidine rings is 1. The Balaban J connectivity index is 0.00000162. The van der Waals surface area contributed by atoms with E-state index in [1.54, 1.807) is 12.1 Å². The summed E-state index contributed by atoms with van der Waals surface area (Å²) < 4.78 is 17.0. The Hall–Kier alpha value is -2.04. The van der Waals surface area contributed by atoms with Crippen molar-refractivity contribution in [1.82, 2.24) is 4.90 Å². The third kappa shape index (κ3) is 3.40. The molecule has 34 heavy (non-hydrogen) atoms. The Morgan fingerprint density at radius 2 is 1.97 bits per heavy atom. The van der Waals surface area contributed by atoms with E-state index in [0.29, 0.717) is 18.6 Å². The smallest absolute Gasteiger partial charge is 0.352 e. The van der Waals surface area contributed by atoms with Gasteiger partial charge in [0.1, 0.15) is 11.8 Å². The van der Waals surface area contributed by atoms with Crippen LogP contribution in [0.4, 0.5) is 0 Å². The Morgan fingerprint density at radius 3 is 2.65 bits per heavy atom. The molecule has 4 N–H and O–H groups in total. The summed E-state index contributed by atoms with van der Waals surface area (Å²) in [6, 6.07) is 2.49. The molecule has 1 fully saturated rings. The molecule has 1 saturated heterocycles.